The van der Waals surface area contributed by atoms with Crippen LogP contribution in [-0.4, -0.2) is 9.55 Å². The van der Waals surface area contributed by atoms with Gasteiger partial charge in [0.15, 0.2) is 4.77 Å². The van der Waals surface area contributed by atoms with Gasteiger partial charge in [-0.2, -0.15) is 0 Å². The number of aromatic amines is 1. The number of nitrogens with two attached hydrogens (primary N) is 1. The first kappa shape index (κ1) is 10.3. The Morgan fingerprint density at radius 3 is 2.73 bits per heavy atom. The summed E-state index contributed by atoms with van der Waals surface area (Å²) in [5, 5.41) is 0.676. The summed E-state index contributed by atoms with van der Waals surface area (Å²) in [6, 6.07) is 7.47. The molecule has 15 heavy (non-hydrogen) atoms. The van der Waals surface area contributed by atoms with Gasteiger partial charge in [-0.15, -0.1) is 0 Å². The summed E-state index contributed by atoms with van der Waals surface area (Å²) >= 11 is 11.0. The quantitative estimate of drug-likeness (QED) is 0.752. The van der Waals surface area contributed by atoms with E-state index in [-0.39, 0.29) is 0 Å². The Morgan fingerprint density at radius 1 is 1.47 bits per heavy atom. The van der Waals surface area contributed by atoms with E-state index in [1.807, 2.05) is 31.3 Å². The van der Waals surface area contributed by atoms with Crippen LogP contribution in [0.25, 0.3) is 11.3 Å². The molecule has 1 heterocycles. The van der Waals surface area contributed by atoms with Gasteiger partial charge in [0.2, 0.25) is 0 Å². The molecule has 78 valence electrons. The van der Waals surface area contributed by atoms with Gasteiger partial charge >= 0.3 is 0 Å². The standard InChI is InChI=1S/C10H10ClN3S/c1-14-9(12)8(13-10(14)15)6-3-2-4-7(11)5-6/h2-5H,12H2,1H3,(H,13,15). The number of anilines is 1. The van der Waals surface area contributed by atoms with Gasteiger partial charge < -0.3 is 15.3 Å². The van der Waals surface area contributed by atoms with Crippen LogP contribution in [0.5, 0.6) is 0 Å². The lowest BCUT2D eigenvalue weighted by atomic mass is 10.1. The van der Waals surface area contributed by atoms with Gasteiger partial charge in [-0.1, -0.05) is 23.7 Å². The zero-order chi connectivity index (χ0) is 11.0. The maximum Gasteiger partial charge on any atom is 0.178 e. The molecule has 2 aromatic rings. The van der Waals surface area contributed by atoms with Crippen LogP contribution in [0.1, 0.15) is 0 Å². The summed E-state index contributed by atoms with van der Waals surface area (Å²) in [5.41, 5.74) is 7.65. The Bertz CT molecular complexity index is 556. The highest BCUT2D eigenvalue weighted by atomic mass is 35.5. The van der Waals surface area contributed by atoms with Crippen LogP contribution in [-0.2, 0) is 7.05 Å². The lowest BCUT2D eigenvalue weighted by molar-refractivity contribution is 0.906. The highest BCUT2D eigenvalue weighted by Gasteiger charge is 2.08. The third-order valence-electron chi connectivity index (χ3n) is 2.27. The van der Waals surface area contributed by atoms with Crippen molar-refractivity contribution in [3.8, 4) is 11.3 Å². The van der Waals surface area contributed by atoms with Crippen molar-refractivity contribution < 1.29 is 0 Å². The second kappa shape index (κ2) is 3.72. The number of nitrogen functional groups attached to an aromatic ring is 1. The summed E-state index contributed by atoms with van der Waals surface area (Å²) in [5.74, 6) is 0.613. The summed E-state index contributed by atoms with van der Waals surface area (Å²) in [6.45, 7) is 0. The number of hydrogen-bond acceptors (Lipinski definition) is 2. The Hall–Kier alpha value is -1.26. The molecule has 5 heteroatoms. The lowest BCUT2D eigenvalue weighted by Gasteiger charge is -2.01. The molecule has 3 N–H and O–H groups in total. The van der Waals surface area contributed by atoms with E-state index in [2.05, 4.69) is 4.98 Å². The number of halogens is 1. The molecule has 0 atom stereocenters. The predicted molar refractivity (Wildman–Crippen MR) is 65.5 cm³/mol. The fourth-order valence-electron chi connectivity index (χ4n) is 1.40. The van der Waals surface area contributed by atoms with Crippen LogP contribution in [0.2, 0.25) is 5.02 Å². The van der Waals surface area contributed by atoms with E-state index in [0.29, 0.717) is 15.6 Å². The summed E-state index contributed by atoms with van der Waals surface area (Å²) in [7, 11) is 1.82. The Morgan fingerprint density at radius 2 is 2.20 bits per heavy atom. The SMILES string of the molecule is Cn1c(N)c(-c2cccc(Cl)c2)[nH]c1=S. The zero-order valence-electron chi connectivity index (χ0n) is 8.12. The highest BCUT2D eigenvalue weighted by molar-refractivity contribution is 7.71. The number of H-pyrrole nitrogens is 1. The van der Waals surface area contributed by atoms with Gasteiger partial charge in [0, 0.05) is 17.6 Å². The van der Waals surface area contributed by atoms with E-state index >= 15 is 0 Å². The molecule has 0 fully saturated rings. The number of hydrogen-bond donors (Lipinski definition) is 2. The molecule has 0 aliphatic heterocycles. The van der Waals surface area contributed by atoms with E-state index in [1.54, 1.807) is 4.57 Å². The van der Waals surface area contributed by atoms with E-state index in [1.165, 1.54) is 0 Å². The molecule has 0 aliphatic rings. The van der Waals surface area contributed by atoms with Crippen molar-refractivity contribution in [3.63, 3.8) is 0 Å². The maximum atomic E-state index is 5.91. The van der Waals surface area contributed by atoms with Gasteiger partial charge in [0.25, 0.3) is 0 Å². The van der Waals surface area contributed by atoms with Crippen molar-refractivity contribution in [2.24, 2.45) is 7.05 Å². The molecule has 1 aromatic heterocycles. The normalized spacial score (nSPS) is 10.5. The largest absolute Gasteiger partial charge is 0.383 e. The van der Waals surface area contributed by atoms with E-state index in [4.69, 9.17) is 29.6 Å². The molecular formula is C10H10ClN3S. The van der Waals surface area contributed by atoms with Crippen molar-refractivity contribution in [1.29, 1.82) is 0 Å². The molecule has 0 saturated carbocycles. The molecular weight excluding hydrogens is 230 g/mol. The molecule has 0 saturated heterocycles. The summed E-state index contributed by atoms with van der Waals surface area (Å²) in [4.78, 5) is 3.05. The van der Waals surface area contributed by atoms with E-state index in [0.717, 1.165) is 11.3 Å². The van der Waals surface area contributed by atoms with Crippen molar-refractivity contribution in [2.45, 2.75) is 0 Å². The topological polar surface area (TPSA) is 46.7 Å². The van der Waals surface area contributed by atoms with Crippen LogP contribution in [0.15, 0.2) is 24.3 Å². The number of imidazole rings is 1. The van der Waals surface area contributed by atoms with Gasteiger partial charge in [-0.05, 0) is 24.4 Å². The molecule has 1 aromatic carbocycles. The van der Waals surface area contributed by atoms with Gasteiger partial charge in [0.1, 0.15) is 5.82 Å². The number of aromatic nitrogens is 2. The first-order chi connectivity index (χ1) is 7.09. The second-order valence-corrected chi connectivity index (χ2v) is 4.08. The van der Waals surface area contributed by atoms with Crippen LogP contribution >= 0.6 is 23.8 Å². The van der Waals surface area contributed by atoms with Gasteiger partial charge in [-0.25, -0.2) is 0 Å². The monoisotopic (exact) mass is 239 g/mol. The first-order valence-electron chi connectivity index (χ1n) is 4.40. The summed E-state index contributed by atoms with van der Waals surface area (Å²) < 4.78 is 2.33. The van der Waals surface area contributed by atoms with Crippen molar-refractivity contribution >= 4 is 29.6 Å². The third-order valence-corrected chi connectivity index (χ3v) is 2.88. The number of nitrogens with one attached hydrogen (secondary N) is 1. The summed E-state index contributed by atoms with van der Waals surface area (Å²) in [6.07, 6.45) is 0. The maximum absolute atomic E-state index is 5.91. The minimum absolute atomic E-state index is 0.600. The van der Waals surface area contributed by atoms with Gasteiger partial charge in [-0.3, -0.25) is 0 Å². The minimum Gasteiger partial charge on any atom is -0.383 e. The number of rotatable bonds is 1. The lowest BCUT2D eigenvalue weighted by Crippen LogP contribution is -1.96. The van der Waals surface area contributed by atoms with Crippen LogP contribution < -0.4 is 5.73 Å². The molecule has 2 rings (SSSR count). The smallest absolute Gasteiger partial charge is 0.178 e. The van der Waals surface area contributed by atoms with Crippen LogP contribution in [0, 0.1) is 4.77 Å². The molecule has 0 amide bonds. The van der Waals surface area contributed by atoms with Gasteiger partial charge in [0.05, 0.1) is 5.69 Å². The average Bonchev–Trinajstić information content (AvgIpc) is 2.46. The Kier molecular flexibility index (Phi) is 2.54. The molecule has 0 radical (unpaired) electrons. The van der Waals surface area contributed by atoms with Crippen LogP contribution in [0.4, 0.5) is 5.82 Å². The van der Waals surface area contributed by atoms with Crippen LogP contribution in [0.3, 0.4) is 0 Å². The molecule has 3 nitrogen and oxygen atoms in total. The average molecular weight is 240 g/mol. The third kappa shape index (κ3) is 1.78. The fraction of sp³-hybridized carbons (Fsp3) is 0.100. The van der Waals surface area contributed by atoms with Crippen molar-refractivity contribution in [3.05, 3.63) is 34.1 Å². The minimum atomic E-state index is 0.600. The molecule has 0 aliphatic carbocycles. The van der Waals surface area contributed by atoms with E-state index < -0.39 is 0 Å². The first-order valence-corrected chi connectivity index (χ1v) is 5.18. The second-order valence-electron chi connectivity index (χ2n) is 3.26. The Labute approximate surface area is 97.5 Å². The molecule has 0 spiro atoms. The number of nitrogens with zero attached hydrogens (tertiary/aromatic N) is 1. The fourth-order valence-corrected chi connectivity index (χ4v) is 1.79. The number of benzene rings is 1. The van der Waals surface area contributed by atoms with Crippen molar-refractivity contribution in [2.75, 3.05) is 5.73 Å². The predicted octanol–water partition coefficient (Wildman–Crippen LogP) is 2.99. The van der Waals surface area contributed by atoms with Crippen molar-refractivity contribution in [1.82, 2.24) is 9.55 Å². The Balaban J connectivity index is 2.64. The highest BCUT2D eigenvalue weighted by Crippen LogP contribution is 2.26. The zero-order valence-corrected chi connectivity index (χ0v) is 9.69. The molecule has 0 unspecified atom stereocenters. The molecule has 0 bridgehead atoms. The van der Waals surface area contributed by atoms with E-state index in [9.17, 15) is 0 Å².